The zero-order chi connectivity index (χ0) is 19.0. The Bertz CT molecular complexity index is 640. The van der Waals surface area contributed by atoms with Gasteiger partial charge in [-0.05, 0) is 50.5 Å². The van der Waals surface area contributed by atoms with Gasteiger partial charge in [-0.25, -0.2) is 8.42 Å². The number of carbonyl (C=O) groups is 1. The molecule has 1 aromatic rings. The summed E-state index contributed by atoms with van der Waals surface area (Å²) in [7, 11) is -1.99. The molecule has 1 amide bonds. The summed E-state index contributed by atoms with van der Waals surface area (Å²) in [6, 6.07) is 5.87. The van der Waals surface area contributed by atoms with Crippen LogP contribution >= 0.6 is 0 Å². The van der Waals surface area contributed by atoms with Gasteiger partial charge in [0.25, 0.3) is 5.91 Å². The molecular formula is C18H30N2O4S. The van der Waals surface area contributed by atoms with Crippen LogP contribution in [0, 0.1) is 5.92 Å². The molecule has 1 N–H and O–H groups in total. The molecule has 0 aliphatic rings. The van der Waals surface area contributed by atoms with Gasteiger partial charge in [0.05, 0.1) is 4.90 Å². The number of sulfonamides is 1. The molecule has 1 aromatic carbocycles. The van der Waals surface area contributed by atoms with E-state index >= 15 is 0 Å². The first-order valence-corrected chi connectivity index (χ1v) is 10.0. The van der Waals surface area contributed by atoms with Crippen LogP contribution in [-0.2, 0) is 14.8 Å². The van der Waals surface area contributed by atoms with Crippen molar-refractivity contribution >= 4 is 15.9 Å². The highest BCUT2D eigenvalue weighted by Gasteiger charge is 2.23. The molecule has 0 aromatic heterocycles. The van der Waals surface area contributed by atoms with Crippen molar-refractivity contribution in [3.05, 3.63) is 29.8 Å². The van der Waals surface area contributed by atoms with E-state index in [0.717, 1.165) is 6.42 Å². The Morgan fingerprint density at radius 3 is 2.28 bits per heavy atom. The molecule has 0 heterocycles. The number of benzene rings is 1. The minimum Gasteiger partial charge on any atom is -0.381 e. The SMILES string of the molecule is CC(C)COCCCNC(=O)c1ccc(S(=O)(=O)N(C)C(C)C)cc1. The fourth-order valence-corrected chi connectivity index (χ4v) is 3.39. The molecule has 0 atom stereocenters. The van der Waals surface area contributed by atoms with E-state index in [1.807, 2.05) is 13.8 Å². The highest BCUT2D eigenvalue weighted by Crippen LogP contribution is 2.17. The predicted octanol–water partition coefficient (Wildman–Crippen LogP) is 2.51. The smallest absolute Gasteiger partial charge is 0.251 e. The lowest BCUT2D eigenvalue weighted by atomic mass is 10.2. The highest BCUT2D eigenvalue weighted by atomic mass is 32.2. The van der Waals surface area contributed by atoms with Gasteiger partial charge in [-0.2, -0.15) is 4.31 Å². The van der Waals surface area contributed by atoms with Gasteiger partial charge in [0.2, 0.25) is 10.0 Å². The van der Waals surface area contributed by atoms with Crippen LogP contribution < -0.4 is 5.32 Å². The molecule has 0 fully saturated rings. The minimum atomic E-state index is -3.53. The van der Waals surface area contributed by atoms with Gasteiger partial charge in [-0.1, -0.05) is 13.8 Å². The second kappa shape index (κ2) is 9.89. The largest absolute Gasteiger partial charge is 0.381 e. The lowest BCUT2D eigenvalue weighted by Crippen LogP contribution is -2.33. The molecular weight excluding hydrogens is 340 g/mol. The zero-order valence-corrected chi connectivity index (χ0v) is 16.6. The topological polar surface area (TPSA) is 75.7 Å². The second-order valence-electron chi connectivity index (χ2n) is 6.72. The van der Waals surface area contributed by atoms with Crippen molar-refractivity contribution in [2.45, 2.75) is 45.1 Å². The number of nitrogens with one attached hydrogen (secondary N) is 1. The summed E-state index contributed by atoms with van der Waals surface area (Å²) in [5, 5.41) is 2.81. The minimum absolute atomic E-state index is 0.133. The lowest BCUT2D eigenvalue weighted by Gasteiger charge is -2.21. The van der Waals surface area contributed by atoms with Crippen molar-refractivity contribution in [2.75, 3.05) is 26.8 Å². The van der Waals surface area contributed by atoms with Crippen LogP contribution in [0.25, 0.3) is 0 Å². The monoisotopic (exact) mass is 370 g/mol. The van der Waals surface area contributed by atoms with Crippen molar-refractivity contribution in [2.24, 2.45) is 5.92 Å². The molecule has 142 valence electrons. The van der Waals surface area contributed by atoms with Gasteiger partial charge in [0, 0.05) is 38.4 Å². The van der Waals surface area contributed by atoms with Crippen LogP contribution in [0.4, 0.5) is 0 Å². The lowest BCUT2D eigenvalue weighted by molar-refractivity contribution is 0.0925. The second-order valence-corrected chi connectivity index (χ2v) is 8.72. The average Bonchev–Trinajstić information content (AvgIpc) is 2.56. The highest BCUT2D eigenvalue weighted by molar-refractivity contribution is 7.89. The summed E-state index contributed by atoms with van der Waals surface area (Å²) in [5.41, 5.74) is 0.439. The maximum atomic E-state index is 12.4. The normalized spacial score (nSPS) is 12.2. The van der Waals surface area contributed by atoms with Gasteiger partial charge in [0.15, 0.2) is 0 Å². The molecule has 1 rings (SSSR count). The van der Waals surface area contributed by atoms with Crippen LogP contribution in [0.15, 0.2) is 29.2 Å². The summed E-state index contributed by atoms with van der Waals surface area (Å²) in [6.07, 6.45) is 0.740. The van der Waals surface area contributed by atoms with Crippen LogP contribution in [0.1, 0.15) is 44.5 Å². The fraction of sp³-hybridized carbons (Fsp3) is 0.611. The maximum Gasteiger partial charge on any atom is 0.251 e. The maximum absolute atomic E-state index is 12.4. The first kappa shape index (κ1) is 21.6. The number of nitrogens with zero attached hydrogens (tertiary/aromatic N) is 1. The average molecular weight is 371 g/mol. The summed E-state index contributed by atoms with van der Waals surface area (Å²) in [6.45, 7) is 9.64. The Hall–Kier alpha value is -1.44. The molecule has 0 saturated carbocycles. The van der Waals surface area contributed by atoms with Crippen LogP contribution in [0.2, 0.25) is 0 Å². The molecule has 0 aliphatic heterocycles. The zero-order valence-electron chi connectivity index (χ0n) is 15.8. The number of rotatable bonds is 10. The molecule has 7 heteroatoms. The number of amides is 1. The van der Waals surface area contributed by atoms with Crippen molar-refractivity contribution in [1.29, 1.82) is 0 Å². The number of hydrogen-bond donors (Lipinski definition) is 1. The van der Waals surface area contributed by atoms with E-state index < -0.39 is 10.0 Å². The first-order chi connectivity index (χ1) is 11.7. The third-order valence-corrected chi connectivity index (χ3v) is 5.77. The Labute approximate surface area is 151 Å². The summed E-state index contributed by atoms with van der Waals surface area (Å²) < 4.78 is 31.5. The van der Waals surface area contributed by atoms with Crippen molar-refractivity contribution in [3.8, 4) is 0 Å². The summed E-state index contributed by atoms with van der Waals surface area (Å²) >= 11 is 0. The summed E-state index contributed by atoms with van der Waals surface area (Å²) in [5.74, 6) is 0.282. The van der Waals surface area contributed by atoms with Crippen LogP contribution in [-0.4, -0.2) is 51.5 Å². The van der Waals surface area contributed by atoms with Gasteiger partial charge in [0.1, 0.15) is 0 Å². The van der Waals surface area contributed by atoms with Crippen molar-refractivity contribution < 1.29 is 17.9 Å². The van der Waals surface area contributed by atoms with E-state index in [4.69, 9.17) is 4.74 Å². The molecule has 25 heavy (non-hydrogen) atoms. The van der Waals surface area contributed by atoms with Gasteiger partial charge in [-0.15, -0.1) is 0 Å². The molecule has 0 spiro atoms. The van der Waals surface area contributed by atoms with E-state index in [2.05, 4.69) is 19.2 Å². The van der Waals surface area contributed by atoms with E-state index in [9.17, 15) is 13.2 Å². The molecule has 0 bridgehead atoms. The summed E-state index contributed by atoms with van der Waals surface area (Å²) in [4.78, 5) is 12.3. The van der Waals surface area contributed by atoms with E-state index in [0.29, 0.717) is 31.2 Å². The standard InChI is InChI=1S/C18H30N2O4S/c1-14(2)13-24-12-6-11-19-18(21)16-7-9-17(10-8-16)25(22,23)20(5)15(3)4/h7-10,14-15H,6,11-13H2,1-5H3,(H,19,21). The molecule has 6 nitrogen and oxygen atoms in total. The van der Waals surface area contributed by atoms with E-state index in [-0.39, 0.29) is 16.8 Å². The number of carbonyl (C=O) groups excluding carboxylic acids is 1. The molecule has 0 unspecified atom stereocenters. The molecule has 0 saturated heterocycles. The van der Waals surface area contributed by atoms with Crippen LogP contribution in [0.5, 0.6) is 0 Å². The van der Waals surface area contributed by atoms with E-state index in [1.165, 1.54) is 28.6 Å². The quantitative estimate of drug-likeness (QED) is 0.642. The number of hydrogen-bond acceptors (Lipinski definition) is 4. The Morgan fingerprint density at radius 2 is 1.76 bits per heavy atom. The first-order valence-electron chi connectivity index (χ1n) is 8.60. The fourth-order valence-electron chi connectivity index (χ4n) is 2.02. The van der Waals surface area contributed by atoms with Gasteiger partial charge in [-0.3, -0.25) is 4.79 Å². The molecule has 0 aliphatic carbocycles. The Kier molecular flexibility index (Phi) is 8.55. The van der Waals surface area contributed by atoms with Crippen molar-refractivity contribution in [1.82, 2.24) is 9.62 Å². The Morgan fingerprint density at radius 1 is 1.16 bits per heavy atom. The molecule has 0 radical (unpaired) electrons. The third-order valence-electron chi connectivity index (χ3n) is 3.72. The third kappa shape index (κ3) is 6.76. The number of ether oxygens (including phenoxy) is 1. The van der Waals surface area contributed by atoms with Gasteiger partial charge >= 0.3 is 0 Å². The van der Waals surface area contributed by atoms with E-state index in [1.54, 1.807) is 7.05 Å². The van der Waals surface area contributed by atoms with Gasteiger partial charge < -0.3 is 10.1 Å². The van der Waals surface area contributed by atoms with Crippen molar-refractivity contribution in [3.63, 3.8) is 0 Å². The van der Waals surface area contributed by atoms with Crippen LogP contribution in [0.3, 0.4) is 0 Å². The Balaban J connectivity index is 2.54. The predicted molar refractivity (Wildman–Crippen MR) is 99.1 cm³/mol.